The molecule has 310 valence electrons. The van der Waals surface area contributed by atoms with E-state index in [4.69, 9.17) is 47.4 Å². The molecule has 0 N–H and O–H groups in total. The summed E-state index contributed by atoms with van der Waals surface area (Å²) in [6.07, 6.45) is 21.4. The molecule has 0 fully saturated rings. The van der Waals surface area contributed by atoms with Gasteiger partial charge < -0.3 is 47.4 Å². The summed E-state index contributed by atoms with van der Waals surface area (Å²) in [6, 6.07) is 0. The van der Waals surface area contributed by atoms with Gasteiger partial charge in [-0.3, -0.25) is 9.59 Å². The summed E-state index contributed by atoms with van der Waals surface area (Å²) < 4.78 is 53.9. The van der Waals surface area contributed by atoms with Crippen LogP contribution in [-0.2, 0) is 57.0 Å². The van der Waals surface area contributed by atoms with Crippen LogP contribution in [-0.4, -0.2) is 131 Å². The smallest absolute Gasteiger partial charge is 0.305 e. The molecule has 12 nitrogen and oxygen atoms in total. The predicted octanol–water partition coefficient (Wildman–Crippen LogP) is 7.27. The van der Waals surface area contributed by atoms with E-state index in [0.29, 0.717) is 119 Å². The molecular formula is C40H78O12. The van der Waals surface area contributed by atoms with E-state index in [1.54, 1.807) is 0 Å². The molecule has 0 aromatic heterocycles. The summed E-state index contributed by atoms with van der Waals surface area (Å²) in [6.45, 7) is 12.2. The summed E-state index contributed by atoms with van der Waals surface area (Å²) in [4.78, 5) is 23.1. The molecule has 0 radical (unpaired) electrons. The van der Waals surface area contributed by atoms with E-state index >= 15 is 0 Å². The van der Waals surface area contributed by atoms with Crippen molar-refractivity contribution >= 4 is 11.9 Å². The maximum atomic E-state index is 11.9. The van der Waals surface area contributed by atoms with E-state index in [9.17, 15) is 9.59 Å². The van der Waals surface area contributed by atoms with Crippen LogP contribution in [0.2, 0.25) is 0 Å². The molecule has 0 aliphatic rings. The summed E-state index contributed by atoms with van der Waals surface area (Å²) in [5, 5.41) is 0. The highest BCUT2D eigenvalue weighted by atomic mass is 16.6. The summed E-state index contributed by atoms with van der Waals surface area (Å²) >= 11 is 0. The maximum Gasteiger partial charge on any atom is 0.305 e. The first kappa shape index (κ1) is 50.6. The summed E-state index contributed by atoms with van der Waals surface area (Å²) in [5.74, 6) is -0.321. The van der Waals surface area contributed by atoms with Crippen molar-refractivity contribution in [1.29, 1.82) is 0 Å². The van der Waals surface area contributed by atoms with Crippen molar-refractivity contribution in [2.45, 2.75) is 129 Å². The van der Waals surface area contributed by atoms with Crippen molar-refractivity contribution < 1.29 is 57.0 Å². The minimum absolute atomic E-state index is 0.132. The molecule has 0 aliphatic carbocycles. The lowest BCUT2D eigenvalue weighted by molar-refractivity contribution is -0.146. The largest absolute Gasteiger partial charge is 0.463 e. The average Bonchev–Trinajstić information content (AvgIpc) is 3.14. The van der Waals surface area contributed by atoms with Gasteiger partial charge in [-0.15, -0.1) is 0 Å². The molecule has 52 heavy (non-hydrogen) atoms. The van der Waals surface area contributed by atoms with Crippen LogP contribution in [0.5, 0.6) is 0 Å². The first-order valence-corrected chi connectivity index (χ1v) is 20.6. The van der Waals surface area contributed by atoms with Gasteiger partial charge in [-0.1, -0.05) is 104 Å². The molecule has 0 rings (SSSR count). The number of carbonyl (C=O) groups is 2. The van der Waals surface area contributed by atoms with Gasteiger partial charge >= 0.3 is 11.9 Å². The summed E-state index contributed by atoms with van der Waals surface area (Å²) in [5.41, 5.74) is 0. The summed E-state index contributed by atoms with van der Waals surface area (Å²) in [7, 11) is 0. The van der Waals surface area contributed by atoms with Crippen molar-refractivity contribution in [2.75, 3.05) is 119 Å². The number of unbranched alkanes of at least 4 members (excludes halogenated alkanes) is 14. The Kier molecular flexibility index (Phi) is 44.6. The molecule has 0 aromatic carbocycles. The Morgan fingerprint density at radius 1 is 0.269 bits per heavy atom. The molecule has 0 spiro atoms. The quantitative estimate of drug-likeness (QED) is 0.0459. The van der Waals surface area contributed by atoms with Crippen LogP contribution < -0.4 is 0 Å². The van der Waals surface area contributed by atoms with E-state index in [-0.39, 0.29) is 25.2 Å². The lowest BCUT2D eigenvalue weighted by Gasteiger charge is -2.09. The highest BCUT2D eigenvalue weighted by Crippen LogP contribution is 2.14. The fourth-order valence-corrected chi connectivity index (χ4v) is 5.06. The van der Waals surface area contributed by atoms with Gasteiger partial charge in [0.05, 0.1) is 106 Å². The Morgan fingerprint density at radius 2 is 0.500 bits per heavy atom. The zero-order chi connectivity index (χ0) is 37.7. The van der Waals surface area contributed by atoms with Crippen molar-refractivity contribution in [3.8, 4) is 0 Å². The van der Waals surface area contributed by atoms with Crippen LogP contribution >= 0.6 is 0 Å². The molecule has 0 aliphatic heterocycles. The Hall–Kier alpha value is -1.38. The number of hydrogen-bond donors (Lipinski definition) is 0. The SMILES string of the molecule is CCCCCCCCCCCCCCCCCC(=O)OCCOCCOCCOCCOCCOCCOCCOCCOCCOC(=O)CCC. The Labute approximate surface area is 316 Å². The monoisotopic (exact) mass is 751 g/mol. The highest BCUT2D eigenvalue weighted by molar-refractivity contribution is 5.69. The van der Waals surface area contributed by atoms with Crippen LogP contribution in [0.15, 0.2) is 0 Å². The molecule has 12 heteroatoms. The highest BCUT2D eigenvalue weighted by Gasteiger charge is 2.03. The van der Waals surface area contributed by atoms with Gasteiger partial charge in [-0.2, -0.15) is 0 Å². The Morgan fingerprint density at radius 3 is 0.769 bits per heavy atom. The van der Waals surface area contributed by atoms with Gasteiger partial charge in [0.2, 0.25) is 0 Å². The van der Waals surface area contributed by atoms with Crippen molar-refractivity contribution in [2.24, 2.45) is 0 Å². The van der Waals surface area contributed by atoms with Crippen molar-refractivity contribution in [3.63, 3.8) is 0 Å². The first-order valence-electron chi connectivity index (χ1n) is 20.6. The molecule has 0 bridgehead atoms. The lowest BCUT2D eigenvalue weighted by Crippen LogP contribution is -2.15. The maximum absolute atomic E-state index is 11.9. The van der Waals surface area contributed by atoms with Crippen LogP contribution in [0, 0.1) is 0 Å². The topological polar surface area (TPSA) is 126 Å². The molecule has 0 atom stereocenters. The molecule has 0 saturated carbocycles. The molecular weight excluding hydrogens is 672 g/mol. The van der Waals surface area contributed by atoms with Crippen LogP contribution in [0.3, 0.4) is 0 Å². The van der Waals surface area contributed by atoms with E-state index in [2.05, 4.69) is 6.92 Å². The molecule has 0 amide bonds. The van der Waals surface area contributed by atoms with E-state index in [0.717, 1.165) is 19.3 Å². The minimum Gasteiger partial charge on any atom is -0.463 e. The van der Waals surface area contributed by atoms with Crippen molar-refractivity contribution in [1.82, 2.24) is 0 Å². The number of ether oxygens (including phenoxy) is 10. The predicted molar refractivity (Wildman–Crippen MR) is 203 cm³/mol. The Bertz CT molecular complexity index is 712. The van der Waals surface area contributed by atoms with Gasteiger partial charge in [0, 0.05) is 12.8 Å². The van der Waals surface area contributed by atoms with Gasteiger partial charge in [0.25, 0.3) is 0 Å². The third-order valence-electron chi connectivity index (χ3n) is 8.02. The zero-order valence-electron chi connectivity index (χ0n) is 33.4. The molecule has 0 saturated heterocycles. The molecule has 0 aromatic rings. The fourth-order valence-electron chi connectivity index (χ4n) is 5.06. The second-order valence-electron chi connectivity index (χ2n) is 12.8. The first-order chi connectivity index (χ1) is 25.7. The number of rotatable bonds is 45. The lowest BCUT2D eigenvalue weighted by atomic mass is 10.0. The van der Waals surface area contributed by atoms with Gasteiger partial charge in [0.15, 0.2) is 0 Å². The zero-order valence-corrected chi connectivity index (χ0v) is 33.4. The van der Waals surface area contributed by atoms with Crippen molar-refractivity contribution in [3.05, 3.63) is 0 Å². The second kappa shape index (κ2) is 45.8. The van der Waals surface area contributed by atoms with E-state index < -0.39 is 0 Å². The molecule has 0 unspecified atom stereocenters. The van der Waals surface area contributed by atoms with Gasteiger partial charge in [-0.25, -0.2) is 0 Å². The second-order valence-corrected chi connectivity index (χ2v) is 12.8. The third-order valence-corrected chi connectivity index (χ3v) is 8.02. The van der Waals surface area contributed by atoms with Crippen LogP contribution in [0.1, 0.15) is 129 Å². The minimum atomic E-state index is -0.188. The standard InChI is InChI=1S/C40H78O12/c1-3-5-6-7-8-9-10-11-12-13-14-15-16-17-18-20-40(42)52-38-36-50-34-32-48-30-28-46-26-24-44-22-21-43-23-25-45-27-29-47-31-33-49-35-37-51-39(41)19-4-2/h3-38H2,1-2H3. The fraction of sp³-hybridized carbons (Fsp3) is 0.950. The number of carbonyl (C=O) groups excluding carboxylic acids is 2. The third kappa shape index (κ3) is 44.8. The number of hydrogen-bond acceptors (Lipinski definition) is 12. The van der Waals surface area contributed by atoms with Crippen LogP contribution in [0.4, 0.5) is 0 Å². The van der Waals surface area contributed by atoms with Gasteiger partial charge in [0.1, 0.15) is 13.2 Å². The molecule has 0 heterocycles. The van der Waals surface area contributed by atoms with E-state index in [1.165, 1.54) is 83.5 Å². The van der Waals surface area contributed by atoms with Crippen LogP contribution in [0.25, 0.3) is 0 Å². The normalized spacial score (nSPS) is 11.3. The Balaban J connectivity index is 3.14. The van der Waals surface area contributed by atoms with Gasteiger partial charge in [-0.05, 0) is 12.8 Å². The number of esters is 2. The average molecular weight is 751 g/mol. The van der Waals surface area contributed by atoms with E-state index in [1.807, 2.05) is 6.92 Å².